The van der Waals surface area contributed by atoms with E-state index in [0.717, 1.165) is 16.3 Å². The van der Waals surface area contributed by atoms with Gasteiger partial charge in [-0.15, -0.1) is 0 Å². The van der Waals surface area contributed by atoms with E-state index >= 15 is 0 Å². The van der Waals surface area contributed by atoms with E-state index in [-0.39, 0.29) is 0 Å². The highest BCUT2D eigenvalue weighted by molar-refractivity contribution is 7.71. The molecule has 0 radical (unpaired) electrons. The number of nitrogens with one attached hydrogen (secondary N) is 1. The molecular formula is C10H7ClN2S. The fourth-order valence-corrected chi connectivity index (χ4v) is 1.45. The lowest BCUT2D eigenvalue weighted by Crippen LogP contribution is -1.85. The SMILES string of the molecule is S=c1cncc(-c2ccc(Cl)cc2)[nH]1. The Bertz CT molecular complexity index is 490. The molecule has 1 aromatic heterocycles. The third-order valence-corrected chi connectivity index (χ3v) is 2.27. The molecule has 0 atom stereocenters. The van der Waals surface area contributed by atoms with E-state index in [0.29, 0.717) is 4.64 Å². The van der Waals surface area contributed by atoms with Gasteiger partial charge >= 0.3 is 0 Å². The number of hydrogen-bond donors (Lipinski definition) is 1. The fourth-order valence-electron chi connectivity index (χ4n) is 1.15. The van der Waals surface area contributed by atoms with Crippen LogP contribution in [0.5, 0.6) is 0 Å². The molecule has 0 saturated carbocycles. The van der Waals surface area contributed by atoms with Gasteiger partial charge in [-0.3, -0.25) is 4.98 Å². The highest BCUT2D eigenvalue weighted by atomic mass is 35.5. The topological polar surface area (TPSA) is 28.7 Å². The van der Waals surface area contributed by atoms with Crippen LogP contribution in [-0.4, -0.2) is 9.97 Å². The second-order valence-corrected chi connectivity index (χ2v) is 3.69. The number of H-pyrrole nitrogens is 1. The summed E-state index contributed by atoms with van der Waals surface area (Å²) in [6, 6.07) is 7.51. The van der Waals surface area contributed by atoms with Crippen molar-refractivity contribution in [3.05, 3.63) is 46.3 Å². The van der Waals surface area contributed by atoms with Crippen LogP contribution < -0.4 is 0 Å². The van der Waals surface area contributed by atoms with Gasteiger partial charge in [0, 0.05) is 5.02 Å². The van der Waals surface area contributed by atoms with E-state index in [2.05, 4.69) is 9.97 Å². The lowest BCUT2D eigenvalue weighted by molar-refractivity contribution is 1.18. The van der Waals surface area contributed by atoms with E-state index in [1.807, 2.05) is 24.3 Å². The van der Waals surface area contributed by atoms with E-state index in [9.17, 15) is 0 Å². The summed E-state index contributed by atoms with van der Waals surface area (Å²) in [6.07, 6.45) is 3.34. The quantitative estimate of drug-likeness (QED) is 0.749. The first-order valence-corrected chi connectivity index (χ1v) is 4.84. The van der Waals surface area contributed by atoms with Crippen molar-refractivity contribution in [3.8, 4) is 11.3 Å². The smallest absolute Gasteiger partial charge is 0.122 e. The number of hydrogen-bond acceptors (Lipinski definition) is 2. The van der Waals surface area contributed by atoms with Gasteiger partial charge in [-0.25, -0.2) is 0 Å². The highest BCUT2D eigenvalue weighted by Crippen LogP contribution is 2.18. The van der Waals surface area contributed by atoms with Crippen molar-refractivity contribution in [1.29, 1.82) is 0 Å². The van der Waals surface area contributed by atoms with Gasteiger partial charge in [0.15, 0.2) is 0 Å². The van der Waals surface area contributed by atoms with Crippen molar-refractivity contribution in [2.24, 2.45) is 0 Å². The molecule has 4 heteroatoms. The second-order valence-electron chi connectivity index (χ2n) is 2.82. The summed E-state index contributed by atoms with van der Waals surface area (Å²) in [7, 11) is 0. The van der Waals surface area contributed by atoms with Crippen molar-refractivity contribution in [2.45, 2.75) is 0 Å². The lowest BCUT2D eigenvalue weighted by Gasteiger charge is -2.00. The molecule has 0 amide bonds. The van der Waals surface area contributed by atoms with Gasteiger partial charge in [-0.05, 0) is 17.7 Å². The average molecular weight is 223 g/mol. The first-order chi connectivity index (χ1) is 6.75. The highest BCUT2D eigenvalue weighted by Gasteiger charge is 1.96. The average Bonchev–Trinajstić information content (AvgIpc) is 2.19. The molecule has 0 fully saturated rings. The molecular weight excluding hydrogens is 216 g/mol. The van der Waals surface area contributed by atoms with Gasteiger partial charge in [-0.1, -0.05) is 36.0 Å². The molecule has 1 heterocycles. The maximum atomic E-state index is 5.78. The Morgan fingerprint density at radius 2 is 1.86 bits per heavy atom. The number of aromatic nitrogens is 2. The van der Waals surface area contributed by atoms with Crippen molar-refractivity contribution >= 4 is 23.8 Å². The maximum absolute atomic E-state index is 5.78. The van der Waals surface area contributed by atoms with Gasteiger partial charge in [0.05, 0.1) is 18.1 Å². The molecule has 0 aliphatic rings. The van der Waals surface area contributed by atoms with E-state index in [1.54, 1.807) is 12.4 Å². The van der Waals surface area contributed by atoms with E-state index < -0.39 is 0 Å². The minimum atomic E-state index is 0.623. The summed E-state index contributed by atoms with van der Waals surface area (Å²) in [5.41, 5.74) is 1.92. The van der Waals surface area contributed by atoms with E-state index in [4.69, 9.17) is 23.8 Å². The van der Waals surface area contributed by atoms with Crippen LogP contribution in [0.4, 0.5) is 0 Å². The first-order valence-electron chi connectivity index (χ1n) is 4.06. The van der Waals surface area contributed by atoms with Crippen LogP contribution in [0.25, 0.3) is 11.3 Å². The summed E-state index contributed by atoms with van der Waals surface area (Å²) < 4.78 is 0.623. The zero-order valence-corrected chi connectivity index (χ0v) is 8.77. The molecule has 2 rings (SSSR count). The molecule has 0 spiro atoms. The molecule has 2 aromatic rings. The first kappa shape index (κ1) is 9.37. The van der Waals surface area contributed by atoms with Crippen molar-refractivity contribution in [3.63, 3.8) is 0 Å². The molecule has 70 valence electrons. The third kappa shape index (κ3) is 2.00. The van der Waals surface area contributed by atoms with Crippen LogP contribution in [0.2, 0.25) is 5.02 Å². The molecule has 0 aliphatic heterocycles. The van der Waals surface area contributed by atoms with Crippen LogP contribution in [0.3, 0.4) is 0 Å². The third-order valence-electron chi connectivity index (χ3n) is 1.81. The molecule has 0 aliphatic carbocycles. The van der Waals surface area contributed by atoms with Crippen molar-refractivity contribution < 1.29 is 0 Å². The molecule has 2 nitrogen and oxygen atoms in total. The molecule has 0 saturated heterocycles. The van der Waals surface area contributed by atoms with Crippen LogP contribution >= 0.6 is 23.8 Å². The summed E-state index contributed by atoms with van der Waals surface area (Å²) in [5, 5.41) is 0.719. The molecule has 0 unspecified atom stereocenters. The van der Waals surface area contributed by atoms with Gasteiger partial charge in [0.1, 0.15) is 4.64 Å². The predicted molar refractivity (Wildman–Crippen MR) is 59.9 cm³/mol. The Morgan fingerprint density at radius 3 is 2.50 bits per heavy atom. The Balaban J connectivity index is 2.50. The largest absolute Gasteiger partial charge is 0.344 e. The molecule has 14 heavy (non-hydrogen) atoms. The Morgan fingerprint density at radius 1 is 1.14 bits per heavy atom. The van der Waals surface area contributed by atoms with Gasteiger partial charge in [0.25, 0.3) is 0 Å². The van der Waals surface area contributed by atoms with Crippen molar-refractivity contribution in [1.82, 2.24) is 9.97 Å². The summed E-state index contributed by atoms with van der Waals surface area (Å²) in [4.78, 5) is 7.07. The van der Waals surface area contributed by atoms with Crippen molar-refractivity contribution in [2.75, 3.05) is 0 Å². The summed E-state index contributed by atoms with van der Waals surface area (Å²) in [6.45, 7) is 0. The predicted octanol–water partition coefficient (Wildman–Crippen LogP) is 3.46. The monoisotopic (exact) mass is 222 g/mol. The summed E-state index contributed by atoms with van der Waals surface area (Å²) in [5.74, 6) is 0. The molecule has 1 aromatic carbocycles. The standard InChI is InChI=1S/C10H7ClN2S/c11-8-3-1-7(2-4-8)9-5-12-6-10(14)13-9/h1-6H,(H,13,14). The maximum Gasteiger partial charge on any atom is 0.122 e. The zero-order valence-electron chi connectivity index (χ0n) is 7.20. The Labute approximate surface area is 91.6 Å². The number of nitrogens with zero attached hydrogens (tertiary/aromatic N) is 1. The number of benzene rings is 1. The minimum Gasteiger partial charge on any atom is -0.344 e. The Hall–Kier alpha value is -1.19. The zero-order chi connectivity index (χ0) is 9.97. The van der Waals surface area contributed by atoms with E-state index in [1.165, 1.54) is 0 Å². The molecule has 1 N–H and O–H groups in total. The number of aromatic amines is 1. The Kier molecular flexibility index (Phi) is 2.61. The number of rotatable bonds is 1. The van der Waals surface area contributed by atoms with Crippen LogP contribution in [0, 0.1) is 4.64 Å². The lowest BCUT2D eigenvalue weighted by atomic mass is 10.2. The fraction of sp³-hybridized carbons (Fsp3) is 0. The normalized spacial score (nSPS) is 10.1. The number of halogens is 1. The van der Waals surface area contributed by atoms with Crippen LogP contribution in [0.1, 0.15) is 0 Å². The van der Waals surface area contributed by atoms with Crippen LogP contribution in [0.15, 0.2) is 36.7 Å². The molecule has 0 bridgehead atoms. The second kappa shape index (κ2) is 3.90. The minimum absolute atomic E-state index is 0.623. The van der Waals surface area contributed by atoms with Gasteiger partial charge < -0.3 is 4.98 Å². The van der Waals surface area contributed by atoms with Gasteiger partial charge in [-0.2, -0.15) is 0 Å². The summed E-state index contributed by atoms with van der Waals surface area (Å²) >= 11 is 10.8. The van der Waals surface area contributed by atoms with Gasteiger partial charge in [0.2, 0.25) is 0 Å². The van der Waals surface area contributed by atoms with Crippen LogP contribution in [-0.2, 0) is 0 Å².